The summed E-state index contributed by atoms with van der Waals surface area (Å²) in [5.41, 5.74) is 5.43. The molecule has 3 heterocycles. The van der Waals surface area contributed by atoms with Gasteiger partial charge in [0, 0.05) is 30.6 Å². The number of fused-ring (bicyclic) bond motifs is 1. The second-order valence-corrected chi connectivity index (χ2v) is 11.5. The first kappa shape index (κ1) is 29.3. The molecular formula is C34H38N4O5. The van der Waals surface area contributed by atoms with Gasteiger partial charge in [0.15, 0.2) is 6.29 Å². The van der Waals surface area contributed by atoms with Gasteiger partial charge in [0.05, 0.1) is 42.7 Å². The van der Waals surface area contributed by atoms with Crippen molar-refractivity contribution in [1.82, 2.24) is 20.2 Å². The van der Waals surface area contributed by atoms with Crippen molar-refractivity contribution in [3.63, 3.8) is 0 Å². The summed E-state index contributed by atoms with van der Waals surface area (Å²) in [6, 6.07) is 23.4. The third-order valence-corrected chi connectivity index (χ3v) is 8.63. The molecule has 9 nitrogen and oxygen atoms in total. The van der Waals surface area contributed by atoms with Crippen molar-refractivity contribution < 1.29 is 24.5 Å². The number of amides is 1. The highest BCUT2D eigenvalue weighted by molar-refractivity contribution is 5.93. The van der Waals surface area contributed by atoms with Crippen molar-refractivity contribution in [2.45, 2.75) is 57.5 Å². The summed E-state index contributed by atoms with van der Waals surface area (Å²) in [5, 5.41) is 22.3. The fourth-order valence-corrected chi connectivity index (χ4v) is 6.03. The van der Waals surface area contributed by atoms with E-state index in [0.717, 1.165) is 53.7 Å². The molecule has 4 aromatic rings. The number of carbonyl (C=O) groups is 1. The summed E-state index contributed by atoms with van der Waals surface area (Å²) in [5.74, 6) is -0.208. The number of para-hydroxylation sites is 2. The average molecular weight is 583 g/mol. The van der Waals surface area contributed by atoms with Crippen LogP contribution in [0.3, 0.4) is 0 Å². The molecule has 1 amide bonds. The predicted molar refractivity (Wildman–Crippen MR) is 162 cm³/mol. The molecule has 0 aliphatic carbocycles. The Bertz CT molecular complexity index is 1530. The highest BCUT2D eigenvalue weighted by Gasteiger charge is 2.40. The fraction of sp³-hybridized carbons (Fsp3) is 0.382. The number of likely N-dealkylation sites (tertiary alicyclic amines) is 1. The van der Waals surface area contributed by atoms with Gasteiger partial charge in [-0.05, 0) is 48.2 Å². The standard InChI is InChI=1S/C34H38N4O5/c1-22-31(19-38-16-4-5-27(38)21-40)42-34(43-32(22)25-12-10-24(20-39)11-13-25)26-14-8-23(9-15-26)17-36-33(41)30-18-35-28-6-2-3-7-29(28)37-30/h2-3,6-15,18,22,27,31-32,34,39-40H,4-5,16-17,19-21H2,1H3,(H,36,41)/t22-,27-,31+,32+,34+/m0/s1. The molecule has 2 aliphatic heterocycles. The molecule has 2 fully saturated rings. The molecule has 3 N–H and O–H groups in total. The highest BCUT2D eigenvalue weighted by Crippen LogP contribution is 2.42. The smallest absolute Gasteiger partial charge is 0.271 e. The molecule has 9 heteroatoms. The van der Waals surface area contributed by atoms with Gasteiger partial charge >= 0.3 is 0 Å². The lowest BCUT2D eigenvalue weighted by Crippen LogP contribution is -2.46. The predicted octanol–water partition coefficient (Wildman–Crippen LogP) is 4.30. The number of benzene rings is 3. The topological polar surface area (TPSA) is 117 Å². The summed E-state index contributed by atoms with van der Waals surface area (Å²) < 4.78 is 13.2. The number of rotatable bonds is 9. The lowest BCUT2D eigenvalue weighted by molar-refractivity contribution is -0.276. The van der Waals surface area contributed by atoms with Crippen LogP contribution < -0.4 is 5.32 Å². The van der Waals surface area contributed by atoms with Gasteiger partial charge in [-0.25, -0.2) is 4.98 Å². The second kappa shape index (κ2) is 13.3. The van der Waals surface area contributed by atoms with Gasteiger partial charge in [-0.15, -0.1) is 0 Å². The first-order valence-electron chi connectivity index (χ1n) is 15.0. The maximum atomic E-state index is 12.8. The number of ether oxygens (including phenoxy) is 2. The monoisotopic (exact) mass is 582 g/mol. The van der Waals surface area contributed by atoms with Crippen LogP contribution in [0.15, 0.2) is 79.0 Å². The third kappa shape index (κ3) is 6.61. The average Bonchev–Trinajstić information content (AvgIpc) is 3.51. The van der Waals surface area contributed by atoms with Gasteiger partial charge in [-0.1, -0.05) is 67.6 Å². The first-order valence-corrected chi connectivity index (χ1v) is 15.0. The minimum atomic E-state index is -0.574. The minimum absolute atomic E-state index is 0.00428. The lowest BCUT2D eigenvalue weighted by Gasteiger charge is -2.43. The minimum Gasteiger partial charge on any atom is -0.395 e. The molecule has 2 aliphatic rings. The Morgan fingerprint density at radius 3 is 2.42 bits per heavy atom. The molecule has 0 saturated carbocycles. The van der Waals surface area contributed by atoms with Crippen LogP contribution in [0.1, 0.15) is 64.9 Å². The Morgan fingerprint density at radius 2 is 1.67 bits per heavy atom. The molecule has 43 heavy (non-hydrogen) atoms. The van der Waals surface area contributed by atoms with Gasteiger partial charge in [-0.2, -0.15) is 0 Å². The highest BCUT2D eigenvalue weighted by atomic mass is 16.7. The zero-order valence-corrected chi connectivity index (χ0v) is 24.3. The van der Waals surface area contributed by atoms with E-state index in [4.69, 9.17) is 9.47 Å². The molecule has 224 valence electrons. The summed E-state index contributed by atoms with van der Waals surface area (Å²) in [4.78, 5) is 23.8. The number of hydrogen-bond acceptors (Lipinski definition) is 8. The van der Waals surface area contributed by atoms with Crippen LogP contribution in [0.2, 0.25) is 0 Å². The molecule has 0 unspecified atom stereocenters. The number of aliphatic hydroxyl groups excluding tert-OH is 2. The van der Waals surface area contributed by atoms with E-state index in [1.54, 1.807) is 0 Å². The summed E-state index contributed by atoms with van der Waals surface area (Å²) in [6.45, 7) is 4.32. The first-order chi connectivity index (χ1) is 21.0. The molecule has 0 bridgehead atoms. The van der Waals surface area contributed by atoms with Gasteiger partial charge in [0.2, 0.25) is 0 Å². The van der Waals surface area contributed by atoms with Crippen molar-refractivity contribution in [3.05, 3.63) is 107 Å². The molecular weight excluding hydrogens is 544 g/mol. The van der Waals surface area contributed by atoms with Crippen LogP contribution in [0, 0.1) is 5.92 Å². The van der Waals surface area contributed by atoms with Crippen molar-refractivity contribution in [2.24, 2.45) is 5.92 Å². The van der Waals surface area contributed by atoms with Crippen LogP contribution in [0.5, 0.6) is 0 Å². The Labute approximate surface area is 251 Å². The number of carbonyl (C=O) groups excluding carboxylic acids is 1. The van der Waals surface area contributed by atoms with Gasteiger partial charge in [-0.3, -0.25) is 14.7 Å². The van der Waals surface area contributed by atoms with E-state index in [9.17, 15) is 15.0 Å². The molecule has 6 rings (SSSR count). The van der Waals surface area contributed by atoms with E-state index in [0.29, 0.717) is 12.1 Å². The Morgan fingerprint density at radius 1 is 0.953 bits per heavy atom. The number of nitrogens with one attached hydrogen (secondary N) is 1. The fourth-order valence-electron chi connectivity index (χ4n) is 6.03. The van der Waals surface area contributed by atoms with Crippen molar-refractivity contribution in [2.75, 3.05) is 19.7 Å². The van der Waals surface area contributed by atoms with Crippen LogP contribution in [0.25, 0.3) is 11.0 Å². The molecule has 1 aromatic heterocycles. The number of aromatic nitrogens is 2. The SMILES string of the molecule is C[C@H]1[C@@H](CN2CCC[C@H]2CO)O[C@@H](c2ccc(CNC(=O)c3cnc4ccccc4n3)cc2)O[C@H]1c1ccc(CO)cc1. The van der Waals surface area contributed by atoms with Crippen LogP contribution in [-0.2, 0) is 22.6 Å². The Balaban J connectivity index is 1.16. The van der Waals surface area contributed by atoms with E-state index < -0.39 is 6.29 Å². The number of hydrogen-bond donors (Lipinski definition) is 3. The molecule has 5 atom stereocenters. The van der Waals surface area contributed by atoms with E-state index in [-0.39, 0.29) is 49.0 Å². The van der Waals surface area contributed by atoms with E-state index in [1.807, 2.05) is 72.8 Å². The van der Waals surface area contributed by atoms with Gasteiger partial charge in [0.1, 0.15) is 5.69 Å². The third-order valence-electron chi connectivity index (χ3n) is 8.63. The Hall–Kier alpha value is -3.73. The van der Waals surface area contributed by atoms with E-state index in [1.165, 1.54) is 6.20 Å². The van der Waals surface area contributed by atoms with Crippen molar-refractivity contribution in [3.8, 4) is 0 Å². The van der Waals surface area contributed by atoms with Crippen molar-refractivity contribution in [1.29, 1.82) is 0 Å². The van der Waals surface area contributed by atoms with Crippen LogP contribution in [-0.4, -0.2) is 62.8 Å². The normalized spacial score (nSPS) is 24.3. The summed E-state index contributed by atoms with van der Waals surface area (Å²) in [7, 11) is 0. The maximum absolute atomic E-state index is 12.8. The zero-order valence-electron chi connectivity index (χ0n) is 24.3. The Kier molecular flexibility index (Phi) is 9.06. The zero-order chi connectivity index (χ0) is 29.8. The molecule has 2 saturated heterocycles. The second-order valence-electron chi connectivity index (χ2n) is 11.5. The van der Waals surface area contributed by atoms with Gasteiger partial charge in [0.25, 0.3) is 5.91 Å². The molecule has 3 aromatic carbocycles. The number of nitrogens with zero attached hydrogens (tertiary/aromatic N) is 3. The quantitative estimate of drug-likeness (QED) is 0.268. The van der Waals surface area contributed by atoms with E-state index in [2.05, 4.69) is 27.1 Å². The summed E-state index contributed by atoms with van der Waals surface area (Å²) in [6.07, 6.45) is 2.69. The largest absolute Gasteiger partial charge is 0.395 e. The maximum Gasteiger partial charge on any atom is 0.271 e. The van der Waals surface area contributed by atoms with Crippen LogP contribution in [0.4, 0.5) is 0 Å². The van der Waals surface area contributed by atoms with Gasteiger partial charge < -0.3 is 25.0 Å². The lowest BCUT2D eigenvalue weighted by atomic mass is 9.90. The van der Waals surface area contributed by atoms with Crippen LogP contribution >= 0.6 is 0 Å². The van der Waals surface area contributed by atoms with E-state index >= 15 is 0 Å². The summed E-state index contributed by atoms with van der Waals surface area (Å²) >= 11 is 0. The molecule has 0 radical (unpaired) electrons. The molecule has 0 spiro atoms. The number of aliphatic hydroxyl groups is 2. The van der Waals surface area contributed by atoms with Crippen molar-refractivity contribution >= 4 is 16.9 Å².